The van der Waals surface area contributed by atoms with Gasteiger partial charge in [0, 0.05) is 10.7 Å². The number of aryl methyl sites for hydroxylation is 1. The second kappa shape index (κ2) is 6.79. The van der Waals surface area contributed by atoms with Crippen LogP contribution in [-0.2, 0) is 10.0 Å². The van der Waals surface area contributed by atoms with Gasteiger partial charge in [-0.15, -0.1) is 0 Å². The lowest BCUT2D eigenvalue weighted by molar-refractivity contribution is 0.600. The third-order valence-corrected chi connectivity index (χ3v) is 6.01. The van der Waals surface area contributed by atoms with Crippen molar-refractivity contribution in [2.24, 2.45) is 0 Å². The molecule has 0 aliphatic heterocycles. The van der Waals surface area contributed by atoms with Crippen molar-refractivity contribution in [1.29, 1.82) is 0 Å². The Hall–Kier alpha value is -2.71. The Morgan fingerprint density at radius 2 is 1.89 bits per heavy atom. The second-order valence-electron chi connectivity index (χ2n) is 5.91. The van der Waals surface area contributed by atoms with Gasteiger partial charge in [0.15, 0.2) is 11.2 Å². The van der Waals surface area contributed by atoms with Gasteiger partial charge in [0.25, 0.3) is 10.0 Å². The van der Waals surface area contributed by atoms with E-state index in [1.54, 1.807) is 67.7 Å². The Labute approximate surface area is 164 Å². The first-order chi connectivity index (χ1) is 12.9. The molecule has 0 unspecified atom stereocenters. The minimum absolute atomic E-state index is 0.208. The number of nitrogens with one attached hydrogen (secondary N) is 1. The molecule has 0 fully saturated rings. The van der Waals surface area contributed by atoms with Crippen molar-refractivity contribution in [3.8, 4) is 11.5 Å². The third-order valence-electron chi connectivity index (χ3n) is 3.99. The first-order valence-corrected chi connectivity index (χ1v) is 10.3. The van der Waals surface area contributed by atoms with E-state index in [0.717, 1.165) is 4.47 Å². The van der Waals surface area contributed by atoms with Crippen LogP contribution in [-0.4, -0.2) is 18.4 Å². The second-order valence-corrected chi connectivity index (χ2v) is 8.47. The normalized spacial score (nSPS) is 11.6. The summed E-state index contributed by atoms with van der Waals surface area (Å²) in [5, 5.41) is 0. The first kappa shape index (κ1) is 17.7. The average molecular weight is 444 g/mol. The number of sulfonamides is 1. The van der Waals surface area contributed by atoms with Crippen LogP contribution in [0.3, 0.4) is 0 Å². The van der Waals surface area contributed by atoms with E-state index in [-0.39, 0.29) is 4.90 Å². The summed E-state index contributed by atoms with van der Waals surface area (Å²) < 4.78 is 35.0. The van der Waals surface area contributed by atoms with Crippen molar-refractivity contribution in [2.75, 3.05) is 4.72 Å². The van der Waals surface area contributed by atoms with Crippen molar-refractivity contribution in [3.63, 3.8) is 0 Å². The summed E-state index contributed by atoms with van der Waals surface area (Å²) in [7, 11) is -3.78. The van der Waals surface area contributed by atoms with E-state index in [9.17, 15) is 8.42 Å². The molecule has 0 bridgehead atoms. The SMILES string of the molecule is Cc1cc(Br)ccc1S(=O)(=O)Nc1ccccc1-c1nc2ncccc2o1. The van der Waals surface area contributed by atoms with Gasteiger partial charge in [-0.1, -0.05) is 28.1 Å². The molecule has 0 amide bonds. The Bertz CT molecular complexity index is 1220. The number of hydrogen-bond acceptors (Lipinski definition) is 5. The van der Waals surface area contributed by atoms with Crippen LogP contribution in [0.1, 0.15) is 5.56 Å². The molecule has 0 saturated carbocycles. The highest BCUT2D eigenvalue weighted by Gasteiger charge is 2.20. The Balaban J connectivity index is 1.77. The molecule has 0 aliphatic carbocycles. The molecule has 0 spiro atoms. The number of hydrogen-bond donors (Lipinski definition) is 1. The summed E-state index contributed by atoms with van der Waals surface area (Å²) in [5.41, 5.74) is 2.56. The summed E-state index contributed by atoms with van der Waals surface area (Å²) in [6.45, 7) is 1.75. The minimum atomic E-state index is -3.78. The van der Waals surface area contributed by atoms with Gasteiger partial charge in [-0.25, -0.2) is 13.4 Å². The quantitative estimate of drug-likeness (QED) is 0.491. The smallest absolute Gasteiger partial charge is 0.262 e. The van der Waals surface area contributed by atoms with Crippen LogP contribution in [0.15, 0.2) is 74.6 Å². The van der Waals surface area contributed by atoms with E-state index in [2.05, 4.69) is 30.6 Å². The Morgan fingerprint density at radius 3 is 2.67 bits per heavy atom. The standard InChI is InChI=1S/C19H14BrN3O3S/c1-12-11-13(20)8-9-17(12)27(24,25)23-15-6-3-2-5-14(15)19-22-18-16(26-19)7-4-10-21-18/h2-11,23H,1H3. The zero-order chi connectivity index (χ0) is 19.0. The van der Waals surface area contributed by atoms with Crippen molar-refractivity contribution in [1.82, 2.24) is 9.97 Å². The van der Waals surface area contributed by atoms with Gasteiger partial charge in [-0.2, -0.15) is 4.98 Å². The summed E-state index contributed by atoms with van der Waals surface area (Å²) >= 11 is 3.35. The minimum Gasteiger partial charge on any atom is -0.434 e. The van der Waals surface area contributed by atoms with E-state index in [0.29, 0.717) is 33.9 Å². The maximum Gasteiger partial charge on any atom is 0.262 e. The molecule has 0 aliphatic rings. The molecular formula is C19H14BrN3O3S. The lowest BCUT2D eigenvalue weighted by Crippen LogP contribution is -2.14. The van der Waals surface area contributed by atoms with Crippen molar-refractivity contribution >= 4 is 42.9 Å². The van der Waals surface area contributed by atoms with E-state index in [1.807, 2.05) is 0 Å². The van der Waals surface area contributed by atoms with Crippen LogP contribution in [0.4, 0.5) is 5.69 Å². The zero-order valence-corrected chi connectivity index (χ0v) is 16.6. The molecule has 8 heteroatoms. The number of nitrogens with zero attached hydrogens (tertiary/aromatic N) is 2. The number of halogens is 1. The summed E-state index contributed by atoms with van der Waals surface area (Å²) in [5.74, 6) is 0.300. The van der Waals surface area contributed by atoms with E-state index in [4.69, 9.17) is 4.42 Å². The molecule has 0 radical (unpaired) electrons. The summed E-state index contributed by atoms with van der Waals surface area (Å²) in [6.07, 6.45) is 1.62. The zero-order valence-electron chi connectivity index (χ0n) is 14.2. The maximum atomic E-state index is 12.9. The summed E-state index contributed by atoms with van der Waals surface area (Å²) in [4.78, 5) is 8.72. The van der Waals surface area contributed by atoms with Crippen LogP contribution in [0, 0.1) is 6.92 Å². The van der Waals surface area contributed by atoms with Gasteiger partial charge in [-0.05, 0) is 55.0 Å². The largest absolute Gasteiger partial charge is 0.434 e. The van der Waals surface area contributed by atoms with Gasteiger partial charge in [0.2, 0.25) is 5.89 Å². The number of oxazole rings is 1. The van der Waals surface area contributed by atoms with Crippen LogP contribution in [0.2, 0.25) is 0 Å². The van der Waals surface area contributed by atoms with Gasteiger partial charge < -0.3 is 4.42 Å². The summed E-state index contributed by atoms with van der Waals surface area (Å²) in [6, 6.07) is 15.5. The van der Waals surface area contributed by atoms with Crippen molar-refractivity contribution in [2.45, 2.75) is 11.8 Å². The Kier molecular flexibility index (Phi) is 4.45. The monoisotopic (exact) mass is 443 g/mol. The predicted molar refractivity (Wildman–Crippen MR) is 107 cm³/mol. The Morgan fingerprint density at radius 1 is 1.07 bits per heavy atom. The molecule has 2 aromatic heterocycles. The van der Waals surface area contributed by atoms with E-state index < -0.39 is 10.0 Å². The first-order valence-electron chi connectivity index (χ1n) is 8.04. The number of anilines is 1. The predicted octanol–water partition coefficient (Wildman–Crippen LogP) is 4.76. The average Bonchev–Trinajstić information content (AvgIpc) is 3.05. The van der Waals surface area contributed by atoms with Crippen LogP contribution >= 0.6 is 15.9 Å². The number of fused-ring (bicyclic) bond motifs is 1. The fourth-order valence-electron chi connectivity index (χ4n) is 2.76. The molecule has 2 aromatic carbocycles. The molecule has 4 aromatic rings. The number of para-hydroxylation sites is 1. The molecule has 4 rings (SSSR count). The van der Waals surface area contributed by atoms with Gasteiger partial charge in [-0.3, -0.25) is 4.72 Å². The maximum absolute atomic E-state index is 12.9. The highest BCUT2D eigenvalue weighted by atomic mass is 79.9. The highest BCUT2D eigenvalue weighted by Crippen LogP contribution is 2.31. The number of rotatable bonds is 4. The molecule has 136 valence electrons. The fraction of sp³-hybridized carbons (Fsp3) is 0.0526. The van der Waals surface area contributed by atoms with Crippen LogP contribution < -0.4 is 4.72 Å². The molecule has 0 atom stereocenters. The third kappa shape index (κ3) is 3.45. The van der Waals surface area contributed by atoms with Crippen LogP contribution in [0.25, 0.3) is 22.7 Å². The number of benzene rings is 2. The highest BCUT2D eigenvalue weighted by molar-refractivity contribution is 9.10. The van der Waals surface area contributed by atoms with Gasteiger partial charge in [0.1, 0.15) is 0 Å². The lowest BCUT2D eigenvalue weighted by atomic mass is 10.2. The molecule has 27 heavy (non-hydrogen) atoms. The molecule has 1 N–H and O–H groups in total. The van der Waals surface area contributed by atoms with E-state index >= 15 is 0 Å². The molecule has 0 saturated heterocycles. The van der Waals surface area contributed by atoms with E-state index in [1.165, 1.54) is 0 Å². The van der Waals surface area contributed by atoms with Crippen molar-refractivity contribution in [3.05, 3.63) is 70.8 Å². The van der Waals surface area contributed by atoms with Gasteiger partial charge >= 0.3 is 0 Å². The van der Waals surface area contributed by atoms with Crippen molar-refractivity contribution < 1.29 is 12.8 Å². The van der Waals surface area contributed by atoms with Gasteiger partial charge in [0.05, 0.1) is 16.1 Å². The number of aromatic nitrogens is 2. The fourth-order valence-corrected chi connectivity index (χ4v) is 4.54. The topological polar surface area (TPSA) is 85.1 Å². The molecule has 2 heterocycles. The molecule has 6 nitrogen and oxygen atoms in total. The molecular weight excluding hydrogens is 430 g/mol. The number of pyridine rings is 1. The van der Waals surface area contributed by atoms with Crippen LogP contribution in [0.5, 0.6) is 0 Å². The lowest BCUT2D eigenvalue weighted by Gasteiger charge is -2.12.